The van der Waals surface area contributed by atoms with E-state index >= 15 is 0 Å². The van der Waals surface area contributed by atoms with E-state index in [2.05, 4.69) is 34.5 Å². The average Bonchev–Trinajstić information content (AvgIpc) is 2.85. The van der Waals surface area contributed by atoms with Crippen LogP contribution in [0, 0.1) is 5.92 Å². The highest BCUT2D eigenvalue weighted by molar-refractivity contribution is 5.83. The largest absolute Gasteiger partial charge is 0.352 e. The Morgan fingerprint density at radius 1 is 1.13 bits per heavy atom. The summed E-state index contributed by atoms with van der Waals surface area (Å²) in [6.45, 7) is 3.48. The van der Waals surface area contributed by atoms with Crippen LogP contribution in [0.15, 0.2) is 30.3 Å². The highest BCUT2D eigenvalue weighted by Crippen LogP contribution is 2.29. The van der Waals surface area contributed by atoms with Gasteiger partial charge in [0.25, 0.3) is 0 Å². The second kappa shape index (κ2) is 7.00. The molecule has 1 aromatic rings. The molecule has 23 heavy (non-hydrogen) atoms. The van der Waals surface area contributed by atoms with Gasteiger partial charge in [-0.3, -0.25) is 9.69 Å². The Morgan fingerprint density at radius 3 is 2.65 bits per heavy atom. The zero-order valence-corrected chi connectivity index (χ0v) is 13.3. The molecule has 0 saturated carbocycles. The van der Waals surface area contributed by atoms with Crippen molar-refractivity contribution >= 4 is 11.9 Å². The fourth-order valence-corrected chi connectivity index (χ4v) is 3.67. The summed E-state index contributed by atoms with van der Waals surface area (Å²) >= 11 is 0. The van der Waals surface area contributed by atoms with E-state index in [0.717, 1.165) is 32.6 Å². The lowest BCUT2D eigenvalue weighted by molar-refractivity contribution is -0.130. The lowest BCUT2D eigenvalue weighted by atomic mass is 9.94. The molecule has 6 heteroatoms. The highest BCUT2D eigenvalue weighted by Gasteiger charge is 2.36. The lowest BCUT2D eigenvalue weighted by Crippen LogP contribution is -2.46. The van der Waals surface area contributed by atoms with Crippen molar-refractivity contribution in [1.82, 2.24) is 15.1 Å². The summed E-state index contributed by atoms with van der Waals surface area (Å²) in [5.74, 6) is 0.470. The van der Waals surface area contributed by atoms with E-state index in [1.165, 1.54) is 12.0 Å². The van der Waals surface area contributed by atoms with Gasteiger partial charge in [0, 0.05) is 32.2 Å². The normalized spacial score (nSPS) is 24.3. The second-order valence-corrected chi connectivity index (χ2v) is 6.53. The molecule has 6 nitrogen and oxygen atoms in total. The number of benzene rings is 1. The quantitative estimate of drug-likeness (QED) is 0.861. The van der Waals surface area contributed by atoms with E-state index in [1.54, 1.807) is 0 Å². The zero-order chi connectivity index (χ0) is 16.2. The Bertz CT molecular complexity index is 563. The fourth-order valence-electron chi connectivity index (χ4n) is 3.67. The van der Waals surface area contributed by atoms with Gasteiger partial charge in [0.15, 0.2) is 0 Å². The first kappa shape index (κ1) is 15.8. The lowest BCUT2D eigenvalue weighted by Gasteiger charge is -2.36. The van der Waals surface area contributed by atoms with Gasteiger partial charge in [-0.05, 0) is 24.3 Å². The number of nitrogens with two attached hydrogens (primary N) is 1. The van der Waals surface area contributed by atoms with Gasteiger partial charge in [-0.25, -0.2) is 4.79 Å². The number of piperidine rings is 1. The molecule has 0 aliphatic carbocycles. The van der Waals surface area contributed by atoms with Crippen molar-refractivity contribution < 1.29 is 9.59 Å². The molecule has 3 fully saturated rings. The van der Waals surface area contributed by atoms with Crippen LogP contribution in [0.25, 0.3) is 0 Å². The standard InChI is InChI=1S/C17H24N4O2/c18-17(23)19-8-16(22)21-11-14-6-7-15(12-21)20(10-14)9-13-4-2-1-3-5-13/h1-5,14-15H,6-12H2,(H3,18,19,23)/t14-,15-/m0/s1. The summed E-state index contributed by atoms with van der Waals surface area (Å²) < 4.78 is 0. The van der Waals surface area contributed by atoms with Gasteiger partial charge < -0.3 is 16.0 Å². The second-order valence-electron chi connectivity index (χ2n) is 6.53. The molecule has 3 N–H and O–H groups in total. The molecule has 124 valence electrons. The summed E-state index contributed by atoms with van der Waals surface area (Å²) in [6.07, 6.45) is 2.30. The van der Waals surface area contributed by atoms with Crippen LogP contribution < -0.4 is 11.1 Å². The first-order valence-corrected chi connectivity index (χ1v) is 8.21. The van der Waals surface area contributed by atoms with Gasteiger partial charge in [0.2, 0.25) is 5.91 Å². The third-order valence-electron chi connectivity index (χ3n) is 4.82. The van der Waals surface area contributed by atoms with E-state index in [-0.39, 0.29) is 12.5 Å². The SMILES string of the molecule is NC(=O)NCC(=O)N1C[C@H]2CC[C@@H](C1)N(Cc1ccccc1)C2. The van der Waals surface area contributed by atoms with Crippen LogP contribution in [0.4, 0.5) is 4.79 Å². The van der Waals surface area contributed by atoms with Crippen LogP contribution in [-0.2, 0) is 11.3 Å². The van der Waals surface area contributed by atoms with Crippen LogP contribution in [0.1, 0.15) is 18.4 Å². The molecule has 3 saturated heterocycles. The molecule has 0 radical (unpaired) electrons. The first-order chi connectivity index (χ1) is 11.1. The Hall–Kier alpha value is -2.08. The summed E-state index contributed by atoms with van der Waals surface area (Å²) in [4.78, 5) is 27.4. The van der Waals surface area contributed by atoms with Crippen LogP contribution >= 0.6 is 0 Å². The van der Waals surface area contributed by atoms with Gasteiger partial charge in [-0.1, -0.05) is 30.3 Å². The predicted octanol–water partition coefficient (Wildman–Crippen LogP) is 0.778. The maximum absolute atomic E-state index is 12.3. The van der Waals surface area contributed by atoms with Crippen molar-refractivity contribution in [3.8, 4) is 0 Å². The molecule has 3 aliphatic rings. The van der Waals surface area contributed by atoms with Gasteiger partial charge in [0.05, 0.1) is 6.54 Å². The van der Waals surface area contributed by atoms with Gasteiger partial charge in [0.1, 0.15) is 0 Å². The van der Waals surface area contributed by atoms with Crippen molar-refractivity contribution in [2.45, 2.75) is 25.4 Å². The van der Waals surface area contributed by atoms with Crippen LogP contribution in [0.2, 0.25) is 0 Å². The fraction of sp³-hybridized carbons (Fsp3) is 0.529. The number of urea groups is 1. The van der Waals surface area contributed by atoms with E-state index in [0.29, 0.717) is 12.0 Å². The molecule has 3 heterocycles. The Morgan fingerprint density at radius 2 is 1.91 bits per heavy atom. The average molecular weight is 316 g/mol. The van der Waals surface area contributed by atoms with Gasteiger partial charge in [-0.15, -0.1) is 0 Å². The van der Waals surface area contributed by atoms with Crippen molar-refractivity contribution in [1.29, 1.82) is 0 Å². The number of nitrogens with one attached hydrogen (secondary N) is 1. The maximum atomic E-state index is 12.3. The van der Waals surface area contributed by atoms with Gasteiger partial charge in [-0.2, -0.15) is 0 Å². The highest BCUT2D eigenvalue weighted by atomic mass is 16.2. The molecule has 0 spiro atoms. The molecule has 4 rings (SSSR count). The third kappa shape index (κ3) is 4.01. The molecule has 2 bridgehead atoms. The topological polar surface area (TPSA) is 78.7 Å². The molecule has 3 amide bonds. The third-order valence-corrected chi connectivity index (χ3v) is 4.82. The number of nitrogens with zero attached hydrogens (tertiary/aromatic N) is 2. The maximum Gasteiger partial charge on any atom is 0.312 e. The Balaban J connectivity index is 1.63. The molecular formula is C17H24N4O2. The summed E-state index contributed by atoms with van der Waals surface area (Å²) in [5.41, 5.74) is 6.36. The predicted molar refractivity (Wildman–Crippen MR) is 87.5 cm³/mol. The Labute approximate surface area is 136 Å². The number of carbonyl (C=O) groups excluding carboxylic acids is 2. The van der Waals surface area contributed by atoms with Crippen molar-refractivity contribution in [3.05, 3.63) is 35.9 Å². The Kier molecular flexibility index (Phi) is 4.81. The molecule has 1 aromatic carbocycles. The summed E-state index contributed by atoms with van der Waals surface area (Å²) in [7, 11) is 0. The minimum Gasteiger partial charge on any atom is -0.352 e. The van der Waals surface area contributed by atoms with Crippen LogP contribution in [0.5, 0.6) is 0 Å². The monoisotopic (exact) mass is 316 g/mol. The number of hydrogen-bond donors (Lipinski definition) is 2. The van der Waals surface area contributed by atoms with Crippen molar-refractivity contribution in [3.63, 3.8) is 0 Å². The van der Waals surface area contributed by atoms with E-state index in [9.17, 15) is 9.59 Å². The summed E-state index contributed by atoms with van der Waals surface area (Å²) in [6, 6.07) is 10.2. The molecule has 0 aromatic heterocycles. The first-order valence-electron chi connectivity index (χ1n) is 8.21. The van der Waals surface area contributed by atoms with Crippen LogP contribution in [-0.4, -0.2) is 54.0 Å². The minimum absolute atomic E-state index is 0.00649. The van der Waals surface area contributed by atoms with E-state index < -0.39 is 6.03 Å². The van der Waals surface area contributed by atoms with E-state index in [1.807, 2.05) is 11.0 Å². The molecule has 3 aliphatic heterocycles. The molecule has 2 atom stereocenters. The molecular weight excluding hydrogens is 292 g/mol. The van der Waals surface area contributed by atoms with Crippen LogP contribution in [0.3, 0.4) is 0 Å². The number of fused-ring (bicyclic) bond motifs is 4. The summed E-state index contributed by atoms with van der Waals surface area (Å²) in [5, 5.41) is 2.40. The van der Waals surface area contributed by atoms with Crippen molar-refractivity contribution in [2.75, 3.05) is 26.2 Å². The number of hydrogen-bond acceptors (Lipinski definition) is 3. The minimum atomic E-state index is -0.651. The number of carbonyl (C=O) groups is 2. The number of rotatable bonds is 4. The van der Waals surface area contributed by atoms with Gasteiger partial charge >= 0.3 is 6.03 Å². The number of primary amides is 1. The number of amides is 3. The smallest absolute Gasteiger partial charge is 0.312 e. The van der Waals surface area contributed by atoms with E-state index in [4.69, 9.17) is 5.73 Å². The molecule has 0 unspecified atom stereocenters. The van der Waals surface area contributed by atoms with Crippen molar-refractivity contribution in [2.24, 2.45) is 11.7 Å². The zero-order valence-electron chi connectivity index (χ0n) is 13.3.